The van der Waals surface area contributed by atoms with E-state index >= 15 is 0 Å². The molecule has 114 valence electrons. The van der Waals surface area contributed by atoms with Crippen LogP contribution in [0.25, 0.3) is 0 Å². The molecule has 1 aromatic carbocycles. The van der Waals surface area contributed by atoms with E-state index in [0.29, 0.717) is 4.90 Å². The van der Waals surface area contributed by atoms with Gasteiger partial charge in [0.1, 0.15) is 0 Å². The van der Waals surface area contributed by atoms with Gasteiger partial charge in [-0.15, -0.1) is 0 Å². The van der Waals surface area contributed by atoms with Crippen LogP contribution in [0.5, 0.6) is 0 Å². The minimum absolute atomic E-state index is 0.0322. The molecule has 20 heavy (non-hydrogen) atoms. The van der Waals surface area contributed by atoms with E-state index in [4.69, 9.17) is 0 Å². The van der Waals surface area contributed by atoms with Gasteiger partial charge in [0.15, 0.2) is 0 Å². The van der Waals surface area contributed by atoms with Crippen LogP contribution < -0.4 is 4.72 Å². The summed E-state index contributed by atoms with van der Waals surface area (Å²) in [5, 5.41) is 0. The van der Waals surface area contributed by atoms with E-state index < -0.39 is 10.0 Å². The number of hydrogen-bond donors (Lipinski definition) is 1. The van der Waals surface area contributed by atoms with E-state index in [-0.39, 0.29) is 6.04 Å². The average Bonchev–Trinajstić information content (AvgIpc) is 2.37. The van der Waals surface area contributed by atoms with Crippen molar-refractivity contribution in [1.82, 2.24) is 4.72 Å². The number of benzene rings is 1. The highest BCUT2D eigenvalue weighted by atomic mass is 79.9. The number of aryl methyl sites for hydroxylation is 1. The Bertz CT molecular complexity index is 529. The average molecular weight is 362 g/mol. The number of rotatable bonds is 8. The Morgan fingerprint density at radius 1 is 1.25 bits per heavy atom. The van der Waals surface area contributed by atoms with Crippen LogP contribution in [0.2, 0.25) is 0 Å². The van der Waals surface area contributed by atoms with Gasteiger partial charge in [0.25, 0.3) is 0 Å². The van der Waals surface area contributed by atoms with Crippen molar-refractivity contribution >= 4 is 26.0 Å². The summed E-state index contributed by atoms with van der Waals surface area (Å²) in [5.41, 5.74) is 0.763. The third-order valence-electron chi connectivity index (χ3n) is 3.29. The van der Waals surface area contributed by atoms with Gasteiger partial charge >= 0.3 is 0 Å². The van der Waals surface area contributed by atoms with E-state index in [1.165, 1.54) is 19.3 Å². The van der Waals surface area contributed by atoms with Crippen molar-refractivity contribution in [1.29, 1.82) is 0 Å². The highest BCUT2D eigenvalue weighted by molar-refractivity contribution is 9.10. The summed E-state index contributed by atoms with van der Waals surface area (Å²) in [4.78, 5) is 0.354. The van der Waals surface area contributed by atoms with Gasteiger partial charge < -0.3 is 0 Å². The van der Waals surface area contributed by atoms with Crippen molar-refractivity contribution in [2.24, 2.45) is 0 Å². The zero-order valence-electron chi connectivity index (χ0n) is 12.4. The SMILES string of the molecule is CCCCCCC(C)NS(=O)(=O)c1cc(Br)ccc1C. The number of halogens is 1. The summed E-state index contributed by atoms with van der Waals surface area (Å²) in [7, 11) is -3.44. The van der Waals surface area contributed by atoms with Gasteiger partial charge in [-0.1, -0.05) is 54.6 Å². The van der Waals surface area contributed by atoms with E-state index in [0.717, 1.165) is 22.9 Å². The van der Waals surface area contributed by atoms with Gasteiger partial charge in [-0.05, 0) is 38.0 Å². The van der Waals surface area contributed by atoms with Crippen molar-refractivity contribution in [2.45, 2.75) is 63.8 Å². The largest absolute Gasteiger partial charge is 0.241 e. The molecule has 1 atom stereocenters. The zero-order chi connectivity index (χ0) is 15.2. The normalized spacial score (nSPS) is 13.4. The van der Waals surface area contributed by atoms with Crippen molar-refractivity contribution < 1.29 is 8.42 Å². The Morgan fingerprint density at radius 2 is 1.95 bits per heavy atom. The lowest BCUT2D eigenvalue weighted by Crippen LogP contribution is -2.33. The van der Waals surface area contributed by atoms with Gasteiger partial charge in [0, 0.05) is 10.5 Å². The first kappa shape index (κ1) is 17.7. The van der Waals surface area contributed by atoms with Crippen molar-refractivity contribution in [3.8, 4) is 0 Å². The van der Waals surface area contributed by atoms with Crippen LogP contribution in [0, 0.1) is 6.92 Å². The Balaban J connectivity index is 2.67. The summed E-state index contributed by atoms with van der Waals surface area (Å²) in [5.74, 6) is 0. The molecule has 1 rings (SSSR count). The molecule has 0 radical (unpaired) electrons. The summed E-state index contributed by atoms with van der Waals surface area (Å²) >= 11 is 3.32. The number of nitrogens with one attached hydrogen (secondary N) is 1. The molecule has 1 aromatic rings. The third kappa shape index (κ3) is 5.54. The fourth-order valence-electron chi connectivity index (χ4n) is 2.13. The zero-order valence-corrected chi connectivity index (χ0v) is 14.9. The molecule has 0 spiro atoms. The molecule has 5 heteroatoms. The lowest BCUT2D eigenvalue weighted by Gasteiger charge is -2.15. The van der Waals surface area contributed by atoms with E-state index in [1.54, 1.807) is 6.07 Å². The maximum atomic E-state index is 12.4. The Labute approximate surface area is 131 Å². The Morgan fingerprint density at radius 3 is 2.60 bits per heavy atom. The molecule has 3 nitrogen and oxygen atoms in total. The fourth-order valence-corrected chi connectivity index (χ4v) is 4.19. The minimum Gasteiger partial charge on any atom is -0.208 e. The van der Waals surface area contributed by atoms with Crippen LogP contribution in [0.3, 0.4) is 0 Å². The second-order valence-corrected chi connectivity index (χ2v) is 7.88. The van der Waals surface area contributed by atoms with Gasteiger partial charge in [0.05, 0.1) is 4.90 Å². The van der Waals surface area contributed by atoms with E-state index in [9.17, 15) is 8.42 Å². The van der Waals surface area contributed by atoms with Crippen molar-refractivity contribution in [3.05, 3.63) is 28.2 Å². The monoisotopic (exact) mass is 361 g/mol. The maximum Gasteiger partial charge on any atom is 0.241 e. The van der Waals surface area contributed by atoms with Crippen LogP contribution in [-0.2, 0) is 10.0 Å². The van der Waals surface area contributed by atoms with Gasteiger partial charge in [-0.2, -0.15) is 0 Å². The summed E-state index contributed by atoms with van der Waals surface area (Å²) in [6, 6.07) is 5.28. The lowest BCUT2D eigenvalue weighted by atomic mass is 10.1. The van der Waals surface area contributed by atoms with Gasteiger partial charge in [-0.25, -0.2) is 13.1 Å². The maximum absolute atomic E-state index is 12.4. The van der Waals surface area contributed by atoms with Crippen molar-refractivity contribution in [2.75, 3.05) is 0 Å². The highest BCUT2D eigenvalue weighted by Crippen LogP contribution is 2.21. The standard InChI is InChI=1S/C15H24BrNO2S/c1-4-5-6-7-8-13(3)17-20(18,19)15-11-14(16)10-9-12(15)2/h9-11,13,17H,4-8H2,1-3H3. The molecule has 0 heterocycles. The van der Waals surface area contributed by atoms with Crippen LogP contribution in [0.15, 0.2) is 27.6 Å². The molecule has 0 saturated carbocycles. The van der Waals surface area contributed by atoms with Crippen LogP contribution in [0.1, 0.15) is 51.5 Å². The highest BCUT2D eigenvalue weighted by Gasteiger charge is 2.19. The molecule has 0 aliphatic rings. The first-order valence-corrected chi connectivity index (χ1v) is 9.43. The van der Waals surface area contributed by atoms with E-state index in [1.807, 2.05) is 26.0 Å². The molecule has 0 fully saturated rings. The van der Waals surface area contributed by atoms with Crippen LogP contribution in [0.4, 0.5) is 0 Å². The molecular weight excluding hydrogens is 338 g/mol. The van der Waals surface area contributed by atoms with Crippen LogP contribution in [-0.4, -0.2) is 14.5 Å². The lowest BCUT2D eigenvalue weighted by molar-refractivity contribution is 0.521. The third-order valence-corrected chi connectivity index (χ3v) is 5.51. The predicted molar refractivity (Wildman–Crippen MR) is 87.4 cm³/mol. The number of sulfonamides is 1. The molecule has 0 aliphatic heterocycles. The summed E-state index contributed by atoms with van der Waals surface area (Å²) in [6.45, 7) is 5.91. The molecule has 0 saturated heterocycles. The molecular formula is C15H24BrNO2S. The minimum atomic E-state index is -3.44. The summed E-state index contributed by atoms with van der Waals surface area (Å²) < 4.78 is 28.3. The van der Waals surface area contributed by atoms with Gasteiger partial charge in [0.2, 0.25) is 10.0 Å². The van der Waals surface area contributed by atoms with E-state index in [2.05, 4.69) is 27.6 Å². The molecule has 0 bridgehead atoms. The Hall–Kier alpha value is -0.390. The Kier molecular flexibility index (Phi) is 7.20. The molecule has 0 aliphatic carbocycles. The van der Waals surface area contributed by atoms with Gasteiger partial charge in [-0.3, -0.25) is 0 Å². The number of hydrogen-bond acceptors (Lipinski definition) is 2. The van der Waals surface area contributed by atoms with Crippen molar-refractivity contribution in [3.63, 3.8) is 0 Å². The van der Waals surface area contributed by atoms with Crippen LogP contribution >= 0.6 is 15.9 Å². The quantitative estimate of drug-likeness (QED) is 0.697. The molecule has 1 N–H and O–H groups in total. The fraction of sp³-hybridized carbons (Fsp3) is 0.600. The molecule has 0 aromatic heterocycles. The number of unbranched alkanes of at least 4 members (excludes halogenated alkanes) is 3. The first-order valence-electron chi connectivity index (χ1n) is 7.15. The molecule has 1 unspecified atom stereocenters. The smallest absolute Gasteiger partial charge is 0.208 e. The predicted octanol–water partition coefficient (Wildman–Crippen LogP) is 4.39. The molecule has 0 amide bonds. The second kappa shape index (κ2) is 8.15. The second-order valence-electron chi connectivity index (χ2n) is 5.28. The summed E-state index contributed by atoms with van der Waals surface area (Å²) in [6.07, 6.45) is 5.52. The topological polar surface area (TPSA) is 46.2 Å². The first-order chi connectivity index (χ1) is 9.36.